The molecule has 0 aromatic carbocycles. The van der Waals surface area contributed by atoms with Gasteiger partial charge < -0.3 is 4.79 Å². The van der Waals surface area contributed by atoms with E-state index in [1.54, 1.807) is 0 Å². The number of allylic oxidation sites excluding steroid dienone is 2. The molecule has 0 rings (SSSR count). The van der Waals surface area contributed by atoms with E-state index in [0.717, 1.165) is 32.0 Å². The highest BCUT2D eigenvalue weighted by molar-refractivity contribution is 6.76. The van der Waals surface area contributed by atoms with E-state index >= 15 is 0 Å². The Kier molecular flexibility index (Phi) is 6.87. The molecule has 0 spiro atoms. The predicted molar refractivity (Wildman–Crippen MR) is 61.8 cm³/mol. The summed E-state index contributed by atoms with van der Waals surface area (Å²) in [6, 6.07) is 1.28. The number of hydrogen-bond acceptors (Lipinski definition) is 1. The molecule has 0 amide bonds. The molecule has 0 aromatic heterocycles. The highest BCUT2D eigenvalue weighted by Gasteiger charge is 2.08. The standard InChI is InChI=1S/C11H22OSi/c1-13(2,3)11-9-7-5-4-6-8-10-12/h7,9-10H,4-6,8,11H2,1-3H3/b9-7-. The van der Waals surface area contributed by atoms with E-state index in [1.165, 1.54) is 6.04 Å². The van der Waals surface area contributed by atoms with Crippen molar-refractivity contribution in [3.8, 4) is 0 Å². The lowest BCUT2D eigenvalue weighted by Crippen LogP contribution is -2.17. The molecule has 0 N–H and O–H groups in total. The van der Waals surface area contributed by atoms with Gasteiger partial charge in [-0.15, -0.1) is 0 Å². The molecule has 2 heteroatoms. The summed E-state index contributed by atoms with van der Waals surface area (Å²) in [5.74, 6) is 0. The summed E-state index contributed by atoms with van der Waals surface area (Å²) in [5, 5.41) is 0. The van der Waals surface area contributed by atoms with Crippen molar-refractivity contribution in [2.75, 3.05) is 0 Å². The average molecular weight is 198 g/mol. The Labute approximate surface area is 83.2 Å². The molecule has 0 aliphatic rings. The minimum absolute atomic E-state index is 0.724. The van der Waals surface area contributed by atoms with Crippen LogP contribution < -0.4 is 0 Å². The third-order valence-electron chi connectivity index (χ3n) is 1.84. The molecular formula is C11H22OSi. The minimum Gasteiger partial charge on any atom is -0.303 e. The third kappa shape index (κ3) is 11.6. The van der Waals surface area contributed by atoms with Crippen molar-refractivity contribution in [3.63, 3.8) is 0 Å². The fourth-order valence-electron chi connectivity index (χ4n) is 1.04. The van der Waals surface area contributed by atoms with Crippen LogP contribution in [0.2, 0.25) is 25.7 Å². The van der Waals surface area contributed by atoms with Crippen LogP contribution in [0.4, 0.5) is 0 Å². The van der Waals surface area contributed by atoms with Gasteiger partial charge in [0, 0.05) is 14.5 Å². The van der Waals surface area contributed by atoms with E-state index in [9.17, 15) is 4.79 Å². The molecule has 0 radical (unpaired) electrons. The van der Waals surface area contributed by atoms with Crippen LogP contribution in [0.1, 0.15) is 25.7 Å². The van der Waals surface area contributed by atoms with Gasteiger partial charge in [0.15, 0.2) is 0 Å². The topological polar surface area (TPSA) is 17.1 Å². The van der Waals surface area contributed by atoms with Gasteiger partial charge in [-0.3, -0.25) is 0 Å². The molecule has 0 atom stereocenters. The van der Waals surface area contributed by atoms with Crippen LogP contribution in [-0.4, -0.2) is 14.4 Å². The number of aldehydes is 1. The molecule has 0 aromatic rings. The maximum atomic E-state index is 10.0. The number of carbonyl (C=O) groups excluding carboxylic acids is 1. The number of carbonyl (C=O) groups is 1. The van der Waals surface area contributed by atoms with Crippen molar-refractivity contribution in [2.45, 2.75) is 51.4 Å². The van der Waals surface area contributed by atoms with E-state index < -0.39 is 8.07 Å². The van der Waals surface area contributed by atoms with E-state index in [-0.39, 0.29) is 0 Å². The van der Waals surface area contributed by atoms with Gasteiger partial charge >= 0.3 is 0 Å². The van der Waals surface area contributed by atoms with Crippen LogP contribution in [-0.2, 0) is 4.79 Å². The van der Waals surface area contributed by atoms with Crippen molar-refractivity contribution in [2.24, 2.45) is 0 Å². The number of unbranched alkanes of at least 4 members (excludes halogenated alkanes) is 3. The van der Waals surface area contributed by atoms with E-state index in [2.05, 4.69) is 31.8 Å². The molecule has 0 aliphatic heterocycles. The fourth-order valence-corrected chi connectivity index (χ4v) is 1.92. The maximum Gasteiger partial charge on any atom is 0.119 e. The van der Waals surface area contributed by atoms with Gasteiger partial charge in [0.1, 0.15) is 6.29 Å². The van der Waals surface area contributed by atoms with E-state index in [0.29, 0.717) is 0 Å². The Morgan fingerprint density at radius 1 is 1.00 bits per heavy atom. The summed E-state index contributed by atoms with van der Waals surface area (Å²) in [6.45, 7) is 7.14. The van der Waals surface area contributed by atoms with Crippen LogP contribution in [0, 0.1) is 0 Å². The second-order valence-corrected chi connectivity index (χ2v) is 10.2. The molecular weight excluding hydrogens is 176 g/mol. The molecule has 0 aliphatic carbocycles. The van der Waals surface area contributed by atoms with Crippen LogP contribution in [0.3, 0.4) is 0 Å². The summed E-state index contributed by atoms with van der Waals surface area (Å²) in [7, 11) is -0.876. The van der Waals surface area contributed by atoms with Crippen LogP contribution in [0.5, 0.6) is 0 Å². The van der Waals surface area contributed by atoms with Gasteiger partial charge in [0.25, 0.3) is 0 Å². The zero-order chi connectivity index (χ0) is 10.2. The van der Waals surface area contributed by atoms with Gasteiger partial charge in [-0.2, -0.15) is 0 Å². The zero-order valence-electron chi connectivity index (χ0n) is 9.18. The molecule has 13 heavy (non-hydrogen) atoms. The van der Waals surface area contributed by atoms with Crippen molar-refractivity contribution >= 4 is 14.4 Å². The zero-order valence-corrected chi connectivity index (χ0v) is 10.2. The summed E-state index contributed by atoms with van der Waals surface area (Å²) in [5.41, 5.74) is 0. The molecule has 1 nitrogen and oxygen atoms in total. The minimum atomic E-state index is -0.876. The highest BCUT2D eigenvalue weighted by atomic mass is 28.3. The van der Waals surface area contributed by atoms with Gasteiger partial charge in [0.2, 0.25) is 0 Å². The summed E-state index contributed by atoms with van der Waals surface area (Å²) in [4.78, 5) is 10.0. The smallest absolute Gasteiger partial charge is 0.119 e. The maximum absolute atomic E-state index is 10.0. The van der Waals surface area contributed by atoms with Crippen molar-refractivity contribution in [1.82, 2.24) is 0 Å². The van der Waals surface area contributed by atoms with Gasteiger partial charge in [-0.25, -0.2) is 0 Å². The molecule has 0 unspecified atom stereocenters. The summed E-state index contributed by atoms with van der Waals surface area (Å²) < 4.78 is 0. The number of rotatable bonds is 7. The first-order valence-electron chi connectivity index (χ1n) is 5.15. The lowest BCUT2D eigenvalue weighted by Gasteiger charge is -2.11. The molecule has 0 fully saturated rings. The Morgan fingerprint density at radius 3 is 2.15 bits per heavy atom. The van der Waals surface area contributed by atoms with Crippen LogP contribution >= 0.6 is 0 Å². The number of hydrogen-bond donors (Lipinski definition) is 0. The summed E-state index contributed by atoms with van der Waals surface area (Å²) >= 11 is 0. The third-order valence-corrected chi connectivity index (χ3v) is 3.30. The highest BCUT2D eigenvalue weighted by Crippen LogP contribution is 2.09. The van der Waals surface area contributed by atoms with Crippen molar-refractivity contribution in [1.29, 1.82) is 0 Å². The Bertz CT molecular complexity index is 156. The SMILES string of the molecule is C[Si](C)(C)C/C=C\CCCCC=O. The first-order valence-corrected chi connectivity index (χ1v) is 8.85. The Balaban J connectivity index is 3.27. The largest absolute Gasteiger partial charge is 0.303 e. The normalized spacial score (nSPS) is 12.2. The molecule has 0 saturated carbocycles. The average Bonchev–Trinajstić information content (AvgIpc) is 2.01. The second kappa shape index (κ2) is 7.07. The Morgan fingerprint density at radius 2 is 1.62 bits per heavy atom. The van der Waals surface area contributed by atoms with Gasteiger partial charge in [-0.1, -0.05) is 31.8 Å². The van der Waals surface area contributed by atoms with Gasteiger partial charge in [0.05, 0.1) is 0 Å². The van der Waals surface area contributed by atoms with Crippen molar-refractivity contribution < 1.29 is 4.79 Å². The molecule has 0 heterocycles. The van der Waals surface area contributed by atoms with E-state index in [1.807, 2.05) is 0 Å². The second-order valence-electron chi connectivity index (χ2n) is 4.69. The Hall–Kier alpha value is -0.373. The monoisotopic (exact) mass is 198 g/mol. The molecule has 0 saturated heterocycles. The van der Waals surface area contributed by atoms with Crippen LogP contribution in [0.15, 0.2) is 12.2 Å². The fraction of sp³-hybridized carbons (Fsp3) is 0.727. The molecule has 76 valence electrons. The quantitative estimate of drug-likeness (QED) is 0.264. The molecule has 0 bridgehead atoms. The summed E-state index contributed by atoms with van der Waals surface area (Å²) in [6.07, 6.45) is 9.64. The van der Waals surface area contributed by atoms with Gasteiger partial charge in [-0.05, 0) is 25.3 Å². The lowest BCUT2D eigenvalue weighted by molar-refractivity contribution is -0.107. The van der Waals surface area contributed by atoms with Crippen molar-refractivity contribution in [3.05, 3.63) is 12.2 Å². The lowest BCUT2D eigenvalue weighted by atomic mass is 10.2. The van der Waals surface area contributed by atoms with Crippen LogP contribution in [0.25, 0.3) is 0 Å². The van der Waals surface area contributed by atoms with E-state index in [4.69, 9.17) is 0 Å². The first-order chi connectivity index (χ1) is 6.06. The first kappa shape index (κ1) is 12.6. The predicted octanol–water partition coefficient (Wildman–Crippen LogP) is 3.64.